The first-order chi connectivity index (χ1) is 15.6. The molecule has 200 valence electrons. The van der Waals surface area contributed by atoms with Gasteiger partial charge in [0, 0.05) is 11.6 Å². The number of cyclic esters (lactones) is 1. The zero-order valence-corrected chi connectivity index (χ0v) is 23.4. The second kappa shape index (κ2) is 19.7. The van der Waals surface area contributed by atoms with Crippen molar-refractivity contribution in [2.75, 3.05) is 38.0 Å². The Bertz CT molecular complexity index is 662. The van der Waals surface area contributed by atoms with Crippen molar-refractivity contribution in [3.8, 4) is 0 Å². The minimum absolute atomic E-state index is 0.162. The Balaban J connectivity index is -0.000000388. The fourth-order valence-electron chi connectivity index (χ4n) is 1.89. The Labute approximate surface area is 217 Å². The monoisotopic (exact) mass is 549 g/mol. The largest absolute Gasteiger partial charge is 0.480 e. The first-order valence-corrected chi connectivity index (χ1v) is 12.0. The van der Waals surface area contributed by atoms with Gasteiger partial charge in [-0.2, -0.15) is 0 Å². The van der Waals surface area contributed by atoms with Crippen molar-refractivity contribution in [3.05, 3.63) is 0 Å². The molecule has 0 unspecified atom stereocenters. The van der Waals surface area contributed by atoms with Gasteiger partial charge in [-0.25, -0.2) is 19.4 Å². The number of carboxylic acid groups (broad SMARTS) is 1. The van der Waals surface area contributed by atoms with Crippen LogP contribution < -0.4 is 5.32 Å². The number of alkyl halides is 2. The molecule has 0 bridgehead atoms. The molecule has 0 fully saturated rings. The lowest BCUT2D eigenvalue weighted by Crippen LogP contribution is -2.50. The molecule has 0 saturated heterocycles. The number of hydrogen-bond acceptors (Lipinski definition) is 8. The molecule has 0 radical (unpaired) electrons. The molecular formula is C21H38Cl3N3O7. The number of aliphatic imine (C=N–C) groups is 1. The van der Waals surface area contributed by atoms with Crippen molar-refractivity contribution in [2.45, 2.75) is 66.5 Å². The van der Waals surface area contributed by atoms with E-state index < -0.39 is 28.4 Å². The van der Waals surface area contributed by atoms with Crippen molar-refractivity contribution in [1.82, 2.24) is 10.2 Å². The topological polar surface area (TPSA) is 135 Å². The number of aliphatic carboxylic acids is 1. The fraction of sp³-hybridized carbons (Fsp3) is 0.762. The molecule has 0 aliphatic carbocycles. The summed E-state index contributed by atoms with van der Waals surface area (Å²) in [7, 11) is 0. The molecule has 0 saturated carbocycles. The first kappa shape index (κ1) is 36.9. The summed E-state index contributed by atoms with van der Waals surface area (Å²) in [6, 6.07) is 0. The molecule has 1 aliphatic rings. The van der Waals surface area contributed by atoms with Crippen molar-refractivity contribution in [1.29, 1.82) is 0 Å². The quantitative estimate of drug-likeness (QED) is 0.264. The molecule has 1 rings (SSSR count). The third kappa shape index (κ3) is 18.8. The Morgan fingerprint density at radius 2 is 1.59 bits per heavy atom. The highest BCUT2D eigenvalue weighted by Gasteiger charge is 2.36. The van der Waals surface area contributed by atoms with Gasteiger partial charge in [-0.15, -0.1) is 23.2 Å². The van der Waals surface area contributed by atoms with Gasteiger partial charge in [-0.3, -0.25) is 4.79 Å². The van der Waals surface area contributed by atoms with Crippen LogP contribution in [0.4, 0.5) is 4.79 Å². The van der Waals surface area contributed by atoms with Gasteiger partial charge >= 0.3 is 17.4 Å². The lowest BCUT2D eigenvalue weighted by Gasteiger charge is -2.19. The summed E-state index contributed by atoms with van der Waals surface area (Å²) in [6.45, 7) is 18.3. The Kier molecular flexibility index (Phi) is 21.4. The van der Waals surface area contributed by atoms with Crippen LogP contribution in [0.1, 0.15) is 55.4 Å². The number of nitrogens with zero attached hydrogens (tertiary/aromatic N) is 2. The zero-order chi connectivity index (χ0) is 27.5. The number of rotatable bonds is 8. The average molecular weight is 551 g/mol. The van der Waals surface area contributed by atoms with E-state index in [1.165, 1.54) is 33.5 Å². The molecule has 10 nitrogen and oxygen atoms in total. The van der Waals surface area contributed by atoms with E-state index >= 15 is 0 Å². The SMILES string of the molecule is CC(C)(NC(=O)CCl)C(=O)O.CC1(C)N=C(CCl)OC1=O.CCN(CC)CC.CCOC(=O)Cl. The minimum atomic E-state index is -1.24. The van der Waals surface area contributed by atoms with Gasteiger partial charge in [-0.05, 0) is 54.3 Å². The predicted octanol–water partition coefficient (Wildman–Crippen LogP) is 3.89. The predicted molar refractivity (Wildman–Crippen MR) is 135 cm³/mol. The lowest BCUT2D eigenvalue weighted by molar-refractivity contribution is -0.145. The molecule has 0 aromatic rings. The number of carbonyl (C=O) groups is 4. The number of carboxylic acids is 1. The van der Waals surface area contributed by atoms with E-state index in [4.69, 9.17) is 44.6 Å². The highest BCUT2D eigenvalue weighted by molar-refractivity contribution is 6.61. The molecule has 0 aromatic carbocycles. The van der Waals surface area contributed by atoms with Gasteiger partial charge in [0.1, 0.15) is 11.4 Å². The van der Waals surface area contributed by atoms with Crippen LogP contribution in [0, 0.1) is 0 Å². The molecule has 0 spiro atoms. The maximum atomic E-state index is 10.9. The van der Waals surface area contributed by atoms with Gasteiger partial charge in [0.25, 0.3) is 0 Å². The van der Waals surface area contributed by atoms with Crippen LogP contribution in [-0.4, -0.2) is 88.3 Å². The molecule has 0 aromatic heterocycles. The summed E-state index contributed by atoms with van der Waals surface area (Å²) in [5.74, 6) is -1.65. The molecule has 1 heterocycles. The molecule has 2 N–H and O–H groups in total. The highest BCUT2D eigenvalue weighted by Crippen LogP contribution is 2.18. The summed E-state index contributed by atoms with van der Waals surface area (Å²) in [5, 5.41) is 10.8. The Morgan fingerprint density at radius 3 is 1.74 bits per heavy atom. The Morgan fingerprint density at radius 1 is 1.12 bits per heavy atom. The van der Waals surface area contributed by atoms with E-state index in [1.54, 1.807) is 20.8 Å². The van der Waals surface area contributed by atoms with Crippen LogP contribution in [-0.2, 0) is 23.9 Å². The minimum Gasteiger partial charge on any atom is -0.480 e. The van der Waals surface area contributed by atoms with Crippen LogP contribution in [0.15, 0.2) is 4.99 Å². The normalized spacial score (nSPS) is 13.5. The summed E-state index contributed by atoms with van der Waals surface area (Å²) >= 11 is 15.3. The van der Waals surface area contributed by atoms with Crippen molar-refractivity contribution in [3.63, 3.8) is 0 Å². The smallest absolute Gasteiger partial charge is 0.403 e. The van der Waals surface area contributed by atoms with Gasteiger partial charge in [0.15, 0.2) is 5.54 Å². The second-order valence-corrected chi connectivity index (χ2v) is 8.33. The lowest BCUT2D eigenvalue weighted by atomic mass is 10.1. The summed E-state index contributed by atoms with van der Waals surface area (Å²) < 4.78 is 8.87. The van der Waals surface area contributed by atoms with Gasteiger partial charge in [0.05, 0.1) is 12.5 Å². The van der Waals surface area contributed by atoms with Crippen molar-refractivity contribution >= 4 is 64.0 Å². The molecule has 0 atom stereocenters. The fourth-order valence-corrected chi connectivity index (χ4v) is 2.18. The third-order valence-corrected chi connectivity index (χ3v) is 4.52. The van der Waals surface area contributed by atoms with E-state index in [-0.39, 0.29) is 17.7 Å². The van der Waals surface area contributed by atoms with E-state index in [0.717, 1.165) is 0 Å². The van der Waals surface area contributed by atoms with Crippen molar-refractivity contribution in [2.24, 2.45) is 4.99 Å². The van der Waals surface area contributed by atoms with E-state index in [9.17, 15) is 19.2 Å². The summed E-state index contributed by atoms with van der Waals surface area (Å²) in [6.07, 6.45) is 0. The summed E-state index contributed by atoms with van der Waals surface area (Å²) in [4.78, 5) is 47.8. The second-order valence-electron chi connectivity index (χ2n) is 7.49. The zero-order valence-electron chi connectivity index (χ0n) is 21.2. The van der Waals surface area contributed by atoms with Gasteiger partial charge < -0.3 is 24.8 Å². The first-order valence-electron chi connectivity index (χ1n) is 10.6. The number of carbonyl (C=O) groups excluding carboxylic acids is 3. The molecule has 1 amide bonds. The molecular weight excluding hydrogens is 513 g/mol. The Hall–Kier alpha value is -1.62. The average Bonchev–Trinajstić information content (AvgIpc) is 3.02. The van der Waals surface area contributed by atoms with Crippen LogP contribution in [0.25, 0.3) is 0 Å². The van der Waals surface area contributed by atoms with E-state index in [2.05, 4.69) is 40.7 Å². The highest BCUT2D eigenvalue weighted by atomic mass is 35.5. The maximum Gasteiger partial charge on any atom is 0.403 e. The molecule has 13 heteroatoms. The van der Waals surface area contributed by atoms with Crippen molar-refractivity contribution < 1.29 is 33.8 Å². The van der Waals surface area contributed by atoms with Crippen LogP contribution in [0.2, 0.25) is 0 Å². The maximum absolute atomic E-state index is 10.9. The number of amides is 1. The third-order valence-electron chi connectivity index (χ3n) is 3.94. The van der Waals surface area contributed by atoms with Crippen LogP contribution in [0.3, 0.4) is 0 Å². The number of esters is 1. The number of hydrogen-bond donors (Lipinski definition) is 2. The van der Waals surface area contributed by atoms with Gasteiger partial charge in [-0.1, -0.05) is 20.8 Å². The van der Waals surface area contributed by atoms with E-state index in [0.29, 0.717) is 12.5 Å². The molecule has 1 aliphatic heterocycles. The van der Waals surface area contributed by atoms with E-state index in [1.807, 2.05) is 0 Å². The number of halogens is 3. The number of nitrogens with one attached hydrogen (secondary N) is 1. The van der Waals surface area contributed by atoms with Crippen LogP contribution in [0.5, 0.6) is 0 Å². The summed E-state index contributed by atoms with van der Waals surface area (Å²) in [5.41, 5.74) is -2.71. The standard InChI is InChI=1S/C6H10ClNO3.C6H8ClNO2.C6H15N.C3H5ClO2/c1-6(2,5(10)11)8-4(9)3-7;1-6(2)5(9)10-4(3-7)8-6;1-4-7(5-2)6-3;1-2-6-3(4)5/h3H2,1-2H3,(H,8,9)(H,10,11);3H2,1-2H3;4-6H2,1-3H3;2H2,1H3. The van der Waals surface area contributed by atoms with Gasteiger partial charge in [0.2, 0.25) is 11.8 Å². The molecule has 34 heavy (non-hydrogen) atoms. The number of ether oxygens (including phenoxy) is 2. The van der Waals surface area contributed by atoms with Crippen LogP contribution >= 0.6 is 34.8 Å².